The molecule has 1 aromatic heterocycles. The van der Waals surface area contributed by atoms with Crippen molar-refractivity contribution < 1.29 is 9.59 Å². The minimum absolute atomic E-state index is 0.0358. The van der Waals surface area contributed by atoms with Gasteiger partial charge in [0.05, 0.1) is 11.4 Å². The van der Waals surface area contributed by atoms with Gasteiger partial charge in [-0.3, -0.25) is 15.0 Å². The molecule has 0 fully saturated rings. The van der Waals surface area contributed by atoms with Gasteiger partial charge in [-0.25, -0.2) is 0 Å². The minimum Gasteiger partial charge on any atom is -0.396 e. The topological polar surface area (TPSA) is 144 Å². The molecule has 8 nitrogen and oxygen atoms in total. The molecule has 0 aliphatic carbocycles. The van der Waals surface area contributed by atoms with Crippen molar-refractivity contribution in [3.63, 3.8) is 0 Å². The molecule has 0 spiro atoms. The summed E-state index contributed by atoms with van der Waals surface area (Å²) in [5.74, 6) is -1.24. The van der Waals surface area contributed by atoms with Gasteiger partial charge >= 0.3 is 0 Å². The van der Waals surface area contributed by atoms with E-state index in [2.05, 4.69) is 15.8 Å². The zero-order valence-corrected chi connectivity index (χ0v) is 17.3. The molecule has 2 aromatic carbocycles. The second-order valence-electron chi connectivity index (χ2n) is 6.00. The SMILES string of the molecule is N#CC(=NNc1ccc(Cl)cc1)C(=O)Nc1sc(C(=O)c2ccccc2)c(N)c1C#N. The molecule has 4 N–H and O–H groups in total. The molecule has 0 aliphatic heterocycles. The monoisotopic (exact) mass is 448 g/mol. The van der Waals surface area contributed by atoms with Crippen LogP contribution in [0.15, 0.2) is 59.7 Å². The summed E-state index contributed by atoms with van der Waals surface area (Å²) in [6, 6.07) is 18.4. The average Bonchev–Trinajstić information content (AvgIpc) is 3.10. The molecule has 0 bridgehead atoms. The molecule has 10 heteroatoms. The molecule has 3 rings (SSSR count). The van der Waals surface area contributed by atoms with Crippen molar-refractivity contribution in [3.05, 3.63) is 75.6 Å². The molecule has 0 aliphatic rings. The van der Waals surface area contributed by atoms with Crippen LogP contribution in [0.3, 0.4) is 0 Å². The van der Waals surface area contributed by atoms with E-state index in [1.807, 2.05) is 6.07 Å². The Morgan fingerprint density at radius 2 is 1.74 bits per heavy atom. The molecule has 0 unspecified atom stereocenters. The number of rotatable bonds is 6. The van der Waals surface area contributed by atoms with Crippen molar-refractivity contribution in [1.82, 2.24) is 0 Å². The number of nitrogens with two attached hydrogens (primary N) is 1. The number of hydrazone groups is 1. The summed E-state index contributed by atoms with van der Waals surface area (Å²) < 4.78 is 0. The minimum atomic E-state index is -0.861. The van der Waals surface area contributed by atoms with Crippen molar-refractivity contribution in [3.8, 4) is 12.1 Å². The van der Waals surface area contributed by atoms with Crippen LogP contribution >= 0.6 is 22.9 Å². The van der Waals surface area contributed by atoms with E-state index >= 15 is 0 Å². The van der Waals surface area contributed by atoms with Gasteiger partial charge in [0, 0.05) is 10.6 Å². The Bertz CT molecular complexity index is 1250. The van der Waals surface area contributed by atoms with Gasteiger partial charge in [-0.1, -0.05) is 41.9 Å². The Morgan fingerprint density at radius 1 is 1.06 bits per heavy atom. The zero-order valence-electron chi connectivity index (χ0n) is 15.7. The first-order valence-corrected chi connectivity index (χ1v) is 9.87. The van der Waals surface area contributed by atoms with Gasteiger partial charge < -0.3 is 11.1 Å². The molecular weight excluding hydrogens is 436 g/mol. The molecule has 152 valence electrons. The van der Waals surface area contributed by atoms with Gasteiger partial charge in [0.1, 0.15) is 27.6 Å². The number of thiophene rings is 1. The highest BCUT2D eigenvalue weighted by Gasteiger charge is 2.24. The number of ketones is 1. The van der Waals surface area contributed by atoms with Crippen LogP contribution in [0.1, 0.15) is 20.8 Å². The Hall–Kier alpha value is -4.18. The van der Waals surface area contributed by atoms with E-state index in [0.29, 0.717) is 16.3 Å². The van der Waals surface area contributed by atoms with E-state index < -0.39 is 11.6 Å². The van der Waals surface area contributed by atoms with Crippen molar-refractivity contribution in [2.24, 2.45) is 5.10 Å². The maximum absolute atomic E-state index is 12.7. The third-order valence-corrected chi connectivity index (χ3v) is 5.36. The van der Waals surface area contributed by atoms with Crippen LogP contribution in [0.5, 0.6) is 0 Å². The first-order chi connectivity index (χ1) is 14.9. The zero-order chi connectivity index (χ0) is 22.4. The Balaban J connectivity index is 1.84. The van der Waals surface area contributed by atoms with E-state index in [0.717, 1.165) is 11.3 Å². The fourth-order valence-corrected chi connectivity index (χ4v) is 3.62. The molecule has 3 aromatic rings. The standard InChI is InChI=1S/C21H13ClN6O2S/c22-13-6-8-14(9-7-13)27-28-16(11-24)20(30)26-21-15(10-23)17(25)19(31-21)18(29)12-4-2-1-3-5-12/h1-9,27H,25H2,(H,26,30). The summed E-state index contributed by atoms with van der Waals surface area (Å²) in [7, 11) is 0. The molecule has 1 heterocycles. The first kappa shape index (κ1) is 21.5. The van der Waals surface area contributed by atoms with Gasteiger partial charge in [-0.2, -0.15) is 15.6 Å². The normalized spacial score (nSPS) is 10.6. The molecule has 31 heavy (non-hydrogen) atoms. The number of hydrogen-bond donors (Lipinski definition) is 3. The van der Waals surface area contributed by atoms with Crippen molar-refractivity contribution in [2.45, 2.75) is 0 Å². The Morgan fingerprint density at radius 3 is 2.35 bits per heavy atom. The van der Waals surface area contributed by atoms with Crippen LogP contribution in [0.4, 0.5) is 16.4 Å². The lowest BCUT2D eigenvalue weighted by atomic mass is 10.1. The number of nitrogen functional groups attached to an aromatic ring is 1. The second kappa shape index (κ2) is 9.55. The van der Waals surface area contributed by atoms with Gasteiger partial charge in [0.15, 0.2) is 0 Å². The maximum atomic E-state index is 12.7. The third-order valence-electron chi connectivity index (χ3n) is 3.99. The smallest absolute Gasteiger partial charge is 0.287 e. The van der Waals surface area contributed by atoms with E-state index in [-0.39, 0.29) is 26.9 Å². The fourth-order valence-electron chi connectivity index (χ4n) is 2.47. The van der Waals surface area contributed by atoms with Crippen LogP contribution in [0, 0.1) is 22.7 Å². The van der Waals surface area contributed by atoms with E-state index in [1.54, 1.807) is 60.7 Å². The lowest BCUT2D eigenvalue weighted by molar-refractivity contribution is -0.110. The number of nitriles is 2. The lowest BCUT2D eigenvalue weighted by Gasteiger charge is -2.03. The van der Waals surface area contributed by atoms with E-state index in [9.17, 15) is 20.1 Å². The molecule has 0 radical (unpaired) electrons. The number of anilines is 3. The average molecular weight is 449 g/mol. The van der Waals surface area contributed by atoms with Gasteiger partial charge in [-0.15, -0.1) is 11.3 Å². The fraction of sp³-hybridized carbons (Fsp3) is 0. The summed E-state index contributed by atoms with van der Waals surface area (Å²) >= 11 is 6.67. The number of halogens is 1. The highest BCUT2D eigenvalue weighted by atomic mass is 35.5. The third kappa shape index (κ3) is 4.87. The molecule has 0 saturated carbocycles. The predicted octanol–water partition coefficient (Wildman–Crippen LogP) is 4.02. The number of nitrogens with one attached hydrogen (secondary N) is 2. The lowest BCUT2D eigenvalue weighted by Crippen LogP contribution is -2.22. The van der Waals surface area contributed by atoms with Crippen molar-refractivity contribution in [1.29, 1.82) is 10.5 Å². The largest absolute Gasteiger partial charge is 0.396 e. The van der Waals surface area contributed by atoms with E-state index in [1.165, 1.54) is 0 Å². The van der Waals surface area contributed by atoms with Crippen LogP contribution < -0.4 is 16.5 Å². The number of carbonyl (C=O) groups is 2. The number of hydrogen-bond acceptors (Lipinski definition) is 8. The van der Waals surface area contributed by atoms with Crippen LogP contribution in [0.25, 0.3) is 0 Å². The number of amides is 1. The van der Waals surface area contributed by atoms with E-state index in [4.69, 9.17) is 17.3 Å². The quantitative estimate of drug-likeness (QED) is 0.295. The molecular formula is C21H13ClN6O2S. The Labute approximate surface area is 186 Å². The molecule has 0 saturated heterocycles. The van der Waals surface area contributed by atoms with Crippen LogP contribution in [-0.2, 0) is 4.79 Å². The summed E-state index contributed by atoms with van der Waals surface area (Å²) in [5.41, 5.74) is 8.89. The van der Waals surface area contributed by atoms with Crippen molar-refractivity contribution in [2.75, 3.05) is 16.5 Å². The summed E-state index contributed by atoms with van der Waals surface area (Å²) in [5, 5.41) is 25.5. The number of benzene rings is 2. The van der Waals surface area contributed by atoms with Gasteiger partial charge in [0.2, 0.25) is 11.5 Å². The maximum Gasteiger partial charge on any atom is 0.287 e. The number of carbonyl (C=O) groups excluding carboxylic acids is 2. The first-order valence-electron chi connectivity index (χ1n) is 8.67. The molecule has 1 amide bonds. The highest BCUT2D eigenvalue weighted by Crippen LogP contribution is 2.36. The summed E-state index contributed by atoms with van der Waals surface area (Å²) in [4.78, 5) is 25.3. The van der Waals surface area contributed by atoms with Crippen LogP contribution in [-0.4, -0.2) is 17.4 Å². The second-order valence-corrected chi connectivity index (χ2v) is 7.46. The van der Waals surface area contributed by atoms with Gasteiger partial charge in [0.25, 0.3) is 5.91 Å². The summed E-state index contributed by atoms with van der Waals surface area (Å²) in [6.07, 6.45) is 0. The van der Waals surface area contributed by atoms with Crippen molar-refractivity contribution >= 4 is 56.7 Å². The molecule has 0 atom stereocenters. The summed E-state index contributed by atoms with van der Waals surface area (Å²) in [6.45, 7) is 0. The Kier molecular flexibility index (Phi) is 6.63. The highest BCUT2D eigenvalue weighted by molar-refractivity contribution is 7.19. The number of nitrogens with zero attached hydrogens (tertiary/aromatic N) is 3. The predicted molar refractivity (Wildman–Crippen MR) is 120 cm³/mol. The van der Waals surface area contributed by atoms with Gasteiger partial charge in [-0.05, 0) is 24.3 Å². The van der Waals surface area contributed by atoms with Crippen LogP contribution in [0.2, 0.25) is 5.02 Å².